The van der Waals surface area contributed by atoms with Crippen molar-refractivity contribution in [3.05, 3.63) is 30.3 Å². The number of rotatable bonds is 9. The Bertz CT molecular complexity index is 493. The molecule has 1 aromatic rings. The second kappa shape index (κ2) is 9.97. The lowest BCUT2D eigenvalue weighted by atomic mass is 10.2. The molecular weight excluding hydrogens is 294 g/mol. The van der Waals surface area contributed by atoms with Gasteiger partial charge in [0.05, 0.1) is 12.6 Å². The molecule has 2 amide bonds. The zero-order chi connectivity index (χ0) is 17.2. The van der Waals surface area contributed by atoms with Crippen molar-refractivity contribution >= 4 is 17.5 Å². The number of para-hydroxylation sites is 1. The van der Waals surface area contributed by atoms with Crippen molar-refractivity contribution in [3.8, 4) is 0 Å². The van der Waals surface area contributed by atoms with E-state index in [1.807, 2.05) is 30.3 Å². The number of ether oxygens (including phenoxy) is 1. The molecule has 0 fully saturated rings. The van der Waals surface area contributed by atoms with Crippen LogP contribution >= 0.6 is 0 Å². The van der Waals surface area contributed by atoms with Crippen LogP contribution in [0.1, 0.15) is 13.3 Å². The Morgan fingerprint density at radius 3 is 2.48 bits per heavy atom. The lowest BCUT2D eigenvalue weighted by Gasteiger charge is -2.27. The Hall–Kier alpha value is -1.92. The average molecular weight is 321 g/mol. The third-order valence-corrected chi connectivity index (χ3v) is 3.73. The number of amides is 2. The van der Waals surface area contributed by atoms with Crippen molar-refractivity contribution in [1.82, 2.24) is 10.2 Å². The summed E-state index contributed by atoms with van der Waals surface area (Å²) in [4.78, 5) is 27.7. The number of methoxy groups -OCH3 is 1. The van der Waals surface area contributed by atoms with Gasteiger partial charge in [-0.15, -0.1) is 0 Å². The summed E-state index contributed by atoms with van der Waals surface area (Å²) in [5.41, 5.74) is 0.835. The van der Waals surface area contributed by atoms with Crippen molar-refractivity contribution in [1.29, 1.82) is 0 Å². The van der Waals surface area contributed by atoms with Gasteiger partial charge in [-0.05, 0) is 32.5 Å². The van der Waals surface area contributed by atoms with Crippen LogP contribution in [0.25, 0.3) is 0 Å². The normalized spacial score (nSPS) is 12.0. The van der Waals surface area contributed by atoms with Crippen LogP contribution in [0.4, 0.5) is 5.69 Å². The van der Waals surface area contributed by atoms with Crippen LogP contribution in [0.3, 0.4) is 0 Å². The van der Waals surface area contributed by atoms with Crippen LogP contribution in [-0.4, -0.2) is 63.7 Å². The van der Waals surface area contributed by atoms with Gasteiger partial charge in [-0.2, -0.15) is 0 Å². The number of benzene rings is 1. The number of anilines is 1. The lowest BCUT2D eigenvalue weighted by molar-refractivity contribution is -0.125. The van der Waals surface area contributed by atoms with Crippen molar-refractivity contribution in [3.63, 3.8) is 0 Å². The number of carbonyl (C=O) groups is 2. The van der Waals surface area contributed by atoms with E-state index in [2.05, 4.69) is 5.32 Å². The molecule has 0 aromatic heterocycles. The summed E-state index contributed by atoms with van der Waals surface area (Å²) < 4.78 is 4.93. The molecule has 0 saturated carbocycles. The first-order chi connectivity index (χ1) is 11.0. The molecule has 6 heteroatoms. The highest BCUT2D eigenvalue weighted by Gasteiger charge is 2.23. The van der Waals surface area contributed by atoms with Crippen molar-refractivity contribution in [2.75, 3.05) is 45.8 Å². The maximum atomic E-state index is 12.5. The van der Waals surface area contributed by atoms with Crippen LogP contribution in [0.5, 0.6) is 0 Å². The van der Waals surface area contributed by atoms with E-state index in [0.717, 1.165) is 12.1 Å². The number of hydrogen-bond donors (Lipinski definition) is 1. The summed E-state index contributed by atoms with van der Waals surface area (Å²) in [6.07, 6.45) is 0.775. The van der Waals surface area contributed by atoms with Gasteiger partial charge < -0.3 is 15.0 Å². The molecule has 0 aliphatic rings. The summed E-state index contributed by atoms with van der Waals surface area (Å²) in [6, 6.07) is 9.07. The largest absolute Gasteiger partial charge is 0.385 e. The molecule has 0 saturated heterocycles. The van der Waals surface area contributed by atoms with Gasteiger partial charge in [0.2, 0.25) is 11.8 Å². The van der Waals surface area contributed by atoms with E-state index in [-0.39, 0.29) is 24.4 Å². The summed E-state index contributed by atoms with van der Waals surface area (Å²) in [5.74, 6) is -0.142. The maximum Gasteiger partial charge on any atom is 0.243 e. The van der Waals surface area contributed by atoms with Crippen LogP contribution in [0, 0.1) is 0 Å². The second-order valence-electron chi connectivity index (χ2n) is 5.52. The Morgan fingerprint density at radius 1 is 1.22 bits per heavy atom. The van der Waals surface area contributed by atoms with Crippen LogP contribution < -0.4 is 10.2 Å². The molecule has 1 aromatic carbocycles. The third-order valence-electron chi connectivity index (χ3n) is 3.73. The molecule has 0 radical (unpaired) electrons. The number of hydrogen-bond acceptors (Lipinski definition) is 4. The molecule has 0 heterocycles. The van der Waals surface area contributed by atoms with Gasteiger partial charge in [0.25, 0.3) is 0 Å². The first-order valence-electron chi connectivity index (χ1n) is 7.76. The van der Waals surface area contributed by atoms with E-state index >= 15 is 0 Å². The Morgan fingerprint density at radius 2 is 1.87 bits per heavy atom. The zero-order valence-corrected chi connectivity index (χ0v) is 14.4. The van der Waals surface area contributed by atoms with Crippen molar-refractivity contribution in [2.45, 2.75) is 19.4 Å². The predicted molar refractivity (Wildman–Crippen MR) is 91.4 cm³/mol. The monoisotopic (exact) mass is 321 g/mol. The predicted octanol–water partition coefficient (Wildman–Crippen LogP) is 1.12. The van der Waals surface area contributed by atoms with E-state index in [1.54, 1.807) is 37.9 Å². The van der Waals surface area contributed by atoms with Crippen molar-refractivity contribution < 1.29 is 14.3 Å². The van der Waals surface area contributed by atoms with E-state index in [9.17, 15) is 9.59 Å². The second-order valence-corrected chi connectivity index (χ2v) is 5.52. The molecular formula is C17H27N3O3. The third kappa shape index (κ3) is 6.38. The molecule has 1 rings (SSSR count). The SMILES string of the molecule is COCCCNC(=O)CN(C)C(C)C(=O)N(C)c1ccccc1. The number of carbonyl (C=O) groups excluding carboxylic acids is 2. The van der Waals surface area contributed by atoms with Gasteiger partial charge in [-0.1, -0.05) is 18.2 Å². The van der Waals surface area contributed by atoms with Crippen LogP contribution in [0.15, 0.2) is 30.3 Å². The van der Waals surface area contributed by atoms with Gasteiger partial charge >= 0.3 is 0 Å². The highest BCUT2D eigenvalue weighted by molar-refractivity contribution is 5.96. The Kier molecular flexibility index (Phi) is 8.29. The number of likely N-dealkylation sites (N-methyl/N-ethyl adjacent to an activating group) is 2. The van der Waals surface area contributed by atoms with Crippen LogP contribution in [0.2, 0.25) is 0 Å². The molecule has 0 aliphatic heterocycles. The lowest BCUT2D eigenvalue weighted by Crippen LogP contribution is -2.47. The molecule has 0 bridgehead atoms. The van der Waals surface area contributed by atoms with Gasteiger partial charge in [0, 0.05) is 33.0 Å². The summed E-state index contributed by atoms with van der Waals surface area (Å²) in [5, 5.41) is 2.82. The van der Waals surface area contributed by atoms with Gasteiger partial charge in [-0.25, -0.2) is 0 Å². The fourth-order valence-electron chi connectivity index (χ4n) is 2.11. The fraction of sp³-hybridized carbons (Fsp3) is 0.529. The Labute approximate surface area is 138 Å². The minimum Gasteiger partial charge on any atom is -0.385 e. The number of nitrogens with zero attached hydrogens (tertiary/aromatic N) is 2. The highest BCUT2D eigenvalue weighted by atomic mass is 16.5. The van der Waals surface area contributed by atoms with Crippen LogP contribution in [-0.2, 0) is 14.3 Å². The summed E-state index contributed by atoms with van der Waals surface area (Å²) in [6.45, 7) is 3.18. The zero-order valence-electron chi connectivity index (χ0n) is 14.4. The van der Waals surface area contributed by atoms with Gasteiger partial charge in [-0.3, -0.25) is 14.5 Å². The summed E-state index contributed by atoms with van der Waals surface area (Å²) in [7, 11) is 5.15. The quantitative estimate of drug-likeness (QED) is 0.693. The molecule has 1 N–H and O–H groups in total. The number of nitrogens with one attached hydrogen (secondary N) is 1. The van der Waals surface area contributed by atoms with E-state index in [1.165, 1.54) is 0 Å². The van der Waals surface area contributed by atoms with E-state index < -0.39 is 0 Å². The summed E-state index contributed by atoms with van der Waals surface area (Å²) >= 11 is 0. The highest BCUT2D eigenvalue weighted by Crippen LogP contribution is 2.13. The first kappa shape index (κ1) is 19.1. The van der Waals surface area contributed by atoms with E-state index in [4.69, 9.17) is 4.74 Å². The smallest absolute Gasteiger partial charge is 0.243 e. The molecule has 23 heavy (non-hydrogen) atoms. The van der Waals surface area contributed by atoms with Gasteiger partial charge in [0.1, 0.15) is 0 Å². The maximum absolute atomic E-state index is 12.5. The standard InChI is InChI=1S/C17H27N3O3/c1-14(17(22)20(3)15-9-6-5-7-10-15)19(2)13-16(21)18-11-8-12-23-4/h5-7,9-10,14H,8,11-13H2,1-4H3,(H,18,21). The molecule has 128 valence electrons. The first-order valence-corrected chi connectivity index (χ1v) is 7.76. The molecule has 1 unspecified atom stereocenters. The molecule has 0 spiro atoms. The minimum atomic E-state index is -0.384. The average Bonchev–Trinajstić information content (AvgIpc) is 2.57. The van der Waals surface area contributed by atoms with E-state index in [0.29, 0.717) is 13.2 Å². The topological polar surface area (TPSA) is 61.9 Å². The fourth-order valence-corrected chi connectivity index (χ4v) is 2.11. The molecule has 1 atom stereocenters. The molecule has 0 aliphatic carbocycles. The Balaban J connectivity index is 2.47. The molecule has 6 nitrogen and oxygen atoms in total. The van der Waals surface area contributed by atoms with Crippen molar-refractivity contribution in [2.24, 2.45) is 0 Å². The van der Waals surface area contributed by atoms with Gasteiger partial charge in [0.15, 0.2) is 0 Å². The minimum absolute atomic E-state index is 0.0501.